The van der Waals surface area contributed by atoms with Crippen molar-refractivity contribution in [3.05, 3.63) is 273 Å². The van der Waals surface area contributed by atoms with Gasteiger partial charge in [-0.3, -0.25) is 38.2 Å². The van der Waals surface area contributed by atoms with Crippen LogP contribution < -0.4 is 39.4 Å². The summed E-state index contributed by atoms with van der Waals surface area (Å²) in [5.41, 5.74) is 11.9. The predicted octanol–water partition coefficient (Wildman–Crippen LogP) is 19.9. The molecular formula is C96H102N14O14S4. The first kappa shape index (κ1) is 87.5. The SMILES string of the molecule is CS(C)(=O)=NC1CCC(CNc2ccc(S(=O)(=O)NC(=O)c3ccc(-c4ccc(N5CCC[C@@H]5c5ccccc5C5CC5)cc4)cc3Oc3cnc4[nH]ccc4c3)cc2[N+](=O)[O-])CC1.CS(C)(=O)=NC1CCC(CNc2ccc(S(=O)(=O)NC(=O)c3ccc(-c4ccc(N5CCC[C@@H]5c5ccccc5C5CC5)cc4)cc3Oc3cnc4[nH]ccc4c3)cc2[N+](=O)[O-])CC1. The van der Waals surface area contributed by atoms with Crippen LogP contribution in [0.2, 0.25) is 0 Å². The minimum absolute atomic E-state index is 0.0329. The molecule has 2 atom stereocenters. The third kappa shape index (κ3) is 20.7. The highest BCUT2D eigenvalue weighted by molar-refractivity contribution is 7.92. The molecule has 6 fully saturated rings. The van der Waals surface area contributed by atoms with Gasteiger partial charge in [-0.25, -0.2) is 45.0 Å². The zero-order chi connectivity index (χ0) is 89.2. The number of aromatic nitrogens is 4. The van der Waals surface area contributed by atoms with E-state index in [4.69, 9.17) is 9.47 Å². The monoisotopic (exact) mass is 1800 g/mol. The fourth-order valence-electron chi connectivity index (χ4n) is 18.4. The predicted molar refractivity (Wildman–Crippen MR) is 500 cm³/mol. The average Bonchev–Trinajstić information content (AvgIpc) is 1.60. The first-order chi connectivity index (χ1) is 61.5. The first-order valence-electron chi connectivity index (χ1n) is 43.5. The lowest BCUT2D eigenvalue weighted by atomic mass is 9.86. The number of carbonyl (C=O) groups is 2. The molecule has 18 rings (SSSR count). The summed E-state index contributed by atoms with van der Waals surface area (Å²) in [4.78, 5) is 70.1. The molecule has 6 N–H and O–H groups in total. The van der Waals surface area contributed by atoms with Gasteiger partial charge in [0.1, 0.15) is 45.7 Å². The van der Waals surface area contributed by atoms with Crippen LogP contribution in [0.3, 0.4) is 0 Å². The maximum Gasteiger partial charge on any atom is 0.293 e. The highest BCUT2D eigenvalue weighted by atomic mass is 32.2. The number of rotatable bonds is 28. The lowest BCUT2D eigenvalue weighted by molar-refractivity contribution is -0.384. The van der Waals surface area contributed by atoms with Crippen LogP contribution in [-0.4, -0.2) is 130 Å². The standard InChI is InChI=1S/2C48H51N7O7S2/c2*1-63(2,59)52-36-16-9-31(10-17-36)29-50-43-22-20-39(28-45(43)55(57)58)64(60,61)53-48(56)42-21-15-34(27-46(42)62-38-26-35-23-24-49-47(35)51-30-38)32-13-18-37(19-14-32)54-25-5-8-44(54)41-7-4-3-6-40(41)33-11-12-33/h2*3-4,6-7,13-15,18-24,26-28,30-31,33,36,44,50H,5,8-12,16-17,25,29H2,1-2H3,(H,49,51)(H,53,56)/t2*31?,36?,44-/m11/s1. The molecule has 8 aromatic carbocycles. The van der Waals surface area contributed by atoms with Gasteiger partial charge in [0, 0.05) is 117 Å². The molecule has 2 aliphatic heterocycles. The normalized spacial score (nSPS) is 19.0. The molecule has 28 nitrogen and oxygen atoms in total. The summed E-state index contributed by atoms with van der Waals surface area (Å²) < 4.78 is 105. The Hall–Kier alpha value is -12.5. The van der Waals surface area contributed by atoms with E-state index in [1.807, 2.05) is 36.4 Å². The van der Waals surface area contributed by atoms with E-state index < -0.39 is 82.3 Å². The van der Waals surface area contributed by atoms with Crippen LogP contribution >= 0.6 is 0 Å². The molecule has 6 heterocycles. The van der Waals surface area contributed by atoms with Crippen LogP contribution in [0.4, 0.5) is 34.1 Å². The van der Waals surface area contributed by atoms with Gasteiger partial charge in [0.2, 0.25) is 0 Å². The second-order valence-corrected chi connectivity index (χ2v) is 43.3. The number of nitro benzene ring substituents is 2. The van der Waals surface area contributed by atoms with Crippen molar-refractivity contribution in [1.29, 1.82) is 0 Å². The number of H-pyrrole nitrogens is 2. The Morgan fingerprint density at radius 2 is 0.820 bits per heavy atom. The Bertz CT molecular complexity index is 6330. The van der Waals surface area contributed by atoms with Gasteiger partial charge in [-0.15, -0.1) is 0 Å². The van der Waals surface area contributed by atoms with Gasteiger partial charge in [0.25, 0.3) is 43.2 Å². The van der Waals surface area contributed by atoms with E-state index >= 15 is 0 Å². The fourth-order valence-corrected chi connectivity index (χ4v) is 22.2. The lowest BCUT2D eigenvalue weighted by Gasteiger charge is -2.29. The van der Waals surface area contributed by atoms with Gasteiger partial charge in [-0.1, -0.05) is 84.9 Å². The third-order valence-electron chi connectivity index (χ3n) is 25.0. The van der Waals surface area contributed by atoms with Gasteiger partial charge in [0.05, 0.1) is 67.3 Å². The van der Waals surface area contributed by atoms with Gasteiger partial charge in [-0.05, 0) is 268 Å². The van der Waals surface area contributed by atoms with Crippen LogP contribution in [0.25, 0.3) is 44.3 Å². The van der Waals surface area contributed by atoms with E-state index in [-0.39, 0.29) is 57.9 Å². The summed E-state index contributed by atoms with van der Waals surface area (Å²) in [5.74, 6) is 0.633. The number of ether oxygens (including phenoxy) is 2. The number of fused-ring (bicyclic) bond motifs is 2. The molecule has 4 saturated carbocycles. The molecule has 32 heteroatoms. The number of hydrogen-bond donors (Lipinski definition) is 6. The maximum atomic E-state index is 14.0. The van der Waals surface area contributed by atoms with Crippen molar-refractivity contribution in [2.24, 2.45) is 20.6 Å². The number of anilines is 4. The molecule has 664 valence electrons. The largest absolute Gasteiger partial charge is 0.455 e. The number of hydrogen-bond acceptors (Lipinski definition) is 22. The molecule has 4 aromatic heterocycles. The third-order valence-corrected chi connectivity index (χ3v) is 29.2. The number of pyridine rings is 2. The van der Waals surface area contributed by atoms with E-state index in [2.05, 4.69) is 131 Å². The maximum absolute atomic E-state index is 14.0. The Labute approximate surface area is 744 Å². The lowest BCUT2D eigenvalue weighted by Crippen LogP contribution is -2.31. The Balaban J connectivity index is 0.000000180. The zero-order valence-electron chi connectivity index (χ0n) is 71.5. The highest BCUT2D eigenvalue weighted by Gasteiger charge is 2.37. The molecule has 6 aliphatic rings. The second-order valence-electron chi connectivity index (χ2n) is 34.8. The van der Waals surface area contributed by atoms with Crippen molar-refractivity contribution < 1.29 is 54.2 Å². The molecule has 128 heavy (non-hydrogen) atoms. The first-order valence-corrected chi connectivity index (χ1v) is 51.1. The van der Waals surface area contributed by atoms with E-state index in [9.17, 15) is 55.1 Å². The molecule has 0 radical (unpaired) electrons. The number of amides is 2. The quantitative estimate of drug-likeness (QED) is 0.0196. The summed E-state index contributed by atoms with van der Waals surface area (Å²) in [6, 6.07) is 59.1. The summed E-state index contributed by atoms with van der Waals surface area (Å²) >= 11 is 0. The average molecular weight is 1800 g/mol. The van der Waals surface area contributed by atoms with Gasteiger partial charge >= 0.3 is 0 Å². The van der Waals surface area contributed by atoms with Crippen LogP contribution in [0.1, 0.15) is 170 Å². The molecule has 12 aromatic rings. The van der Waals surface area contributed by atoms with E-state index in [1.165, 1.54) is 96.7 Å². The number of nitrogens with zero attached hydrogens (tertiary/aromatic N) is 8. The van der Waals surface area contributed by atoms with Crippen LogP contribution in [0.15, 0.2) is 237 Å². The number of sulfonamides is 2. The van der Waals surface area contributed by atoms with Crippen molar-refractivity contribution >= 4 is 108 Å². The van der Waals surface area contributed by atoms with Gasteiger partial charge in [0.15, 0.2) is 0 Å². The number of nitrogens with one attached hydrogen (secondary N) is 6. The van der Waals surface area contributed by atoms with E-state index in [0.717, 1.165) is 147 Å². The minimum Gasteiger partial charge on any atom is -0.455 e. The summed E-state index contributed by atoms with van der Waals surface area (Å²) in [6.45, 7) is 2.80. The molecular weight excluding hydrogens is 1700 g/mol. The fraction of sp³-hybridized carbons (Fsp3) is 0.333. The molecule has 0 unspecified atom stereocenters. The minimum atomic E-state index is -4.59. The smallest absolute Gasteiger partial charge is 0.293 e. The van der Waals surface area contributed by atoms with Crippen LogP contribution in [0, 0.1) is 32.1 Å². The van der Waals surface area contributed by atoms with Crippen LogP contribution in [0.5, 0.6) is 23.0 Å². The van der Waals surface area contributed by atoms with E-state index in [0.29, 0.717) is 59.8 Å². The van der Waals surface area contributed by atoms with Crippen molar-refractivity contribution in [3.8, 4) is 45.3 Å². The van der Waals surface area contributed by atoms with Gasteiger partial charge in [-0.2, -0.15) is 0 Å². The number of aromatic amines is 2. The number of nitro groups is 2. The topological polar surface area (TPSA) is 378 Å². The van der Waals surface area contributed by atoms with Gasteiger partial charge < -0.3 is 39.9 Å². The molecule has 4 aliphatic carbocycles. The molecule has 2 amide bonds. The van der Waals surface area contributed by atoms with E-state index in [1.54, 1.807) is 73.8 Å². The van der Waals surface area contributed by atoms with Crippen molar-refractivity contribution in [2.45, 2.75) is 149 Å². The highest BCUT2D eigenvalue weighted by Crippen LogP contribution is 2.50. The molecule has 2 saturated heterocycles. The Kier molecular flexibility index (Phi) is 25.3. The summed E-state index contributed by atoms with van der Waals surface area (Å²) in [6.07, 6.45) is 28.8. The van der Waals surface area contributed by atoms with Crippen molar-refractivity contribution in [2.75, 3.05) is 71.6 Å². The Morgan fingerprint density at radius 3 is 1.19 bits per heavy atom. The van der Waals surface area contributed by atoms with Crippen LogP contribution in [-0.2, 0) is 39.5 Å². The summed E-state index contributed by atoms with van der Waals surface area (Å²) in [7, 11) is -13.6. The van der Waals surface area contributed by atoms with Crippen molar-refractivity contribution in [3.63, 3.8) is 0 Å². The Morgan fingerprint density at radius 1 is 0.445 bits per heavy atom. The second kappa shape index (κ2) is 37.0. The zero-order valence-corrected chi connectivity index (χ0v) is 74.7. The molecule has 0 bridgehead atoms. The molecule has 0 spiro atoms. The van der Waals surface area contributed by atoms with Crippen molar-refractivity contribution in [1.82, 2.24) is 29.4 Å². The number of benzene rings is 8. The number of carbonyl (C=O) groups excluding carboxylic acids is 2. The summed E-state index contributed by atoms with van der Waals surface area (Å²) in [5, 5.41) is 32.2.